The van der Waals surface area contributed by atoms with E-state index in [1.165, 1.54) is 6.33 Å². The molecular formula is C9H9ClFN5O2S. The van der Waals surface area contributed by atoms with Gasteiger partial charge in [-0.3, -0.25) is 5.10 Å². The lowest BCUT2D eigenvalue weighted by molar-refractivity contribution is 0.578. The van der Waals surface area contributed by atoms with Crippen LogP contribution in [0.1, 0.15) is 5.82 Å². The van der Waals surface area contributed by atoms with Crippen molar-refractivity contribution in [3.8, 4) is 0 Å². The molecule has 1 aromatic carbocycles. The van der Waals surface area contributed by atoms with Crippen LogP contribution >= 0.6 is 11.6 Å². The standard InChI is InChI=1S/C9H9ClFN5O2S/c10-5-1-6(11)7(12)2-8(5)19(17,18)15-3-9-13-4-14-16-9/h1-2,4,15H,3,12H2,(H,13,14,16). The molecule has 19 heavy (non-hydrogen) atoms. The lowest BCUT2D eigenvalue weighted by Gasteiger charge is -2.08. The number of hydrogen-bond acceptors (Lipinski definition) is 5. The SMILES string of the molecule is Nc1cc(S(=O)(=O)NCc2ncn[nH]2)c(Cl)cc1F. The molecule has 0 radical (unpaired) electrons. The van der Waals surface area contributed by atoms with Crippen molar-refractivity contribution in [1.29, 1.82) is 0 Å². The number of halogens is 2. The quantitative estimate of drug-likeness (QED) is 0.718. The summed E-state index contributed by atoms with van der Waals surface area (Å²) in [4.78, 5) is 3.46. The first-order valence-electron chi connectivity index (χ1n) is 4.98. The topological polar surface area (TPSA) is 114 Å². The molecule has 4 N–H and O–H groups in total. The summed E-state index contributed by atoms with van der Waals surface area (Å²) >= 11 is 5.70. The molecule has 2 rings (SSSR count). The molecule has 2 aromatic rings. The maximum Gasteiger partial charge on any atom is 0.242 e. The van der Waals surface area contributed by atoms with Crippen molar-refractivity contribution in [2.75, 3.05) is 5.73 Å². The summed E-state index contributed by atoms with van der Waals surface area (Å²) in [6.07, 6.45) is 1.24. The van der Waals surface area contributed by atoms with Crippen molar-refractivity contribution in [2.45, 2.75) is 11.4 Å². The fraction of sp³-hybridized carbons (Fsp3) is 0.111. The summed E-state index contributed by atoms with van der Waals surface area (Å²) in [6.45, 7) is -0.101. The molecule has 102 valence electrons. The molecule has 1 heterocycles. The monoisotopic (exact) mass is 305 g/mol. The number of H-pyrrole nitrogens is 1. The Morgan fingerprint density at radius 1 is 1.47 bits per heavy atom. The average molecular weight is 306 g/mol. The van der Waals surface area contributed by atoms with E-state index >= 15 is 0 Å². The Labute approximate surface area is 113 Å². The van der Waals surface area contributed by atoms with Gasteiger partial charge in [-0.05, 0) is 12.1 Å². The van der Waals surface area contributed by atoms with Gasteiger partial charge in [0.25, 0.3) is 0 Å². The predicted octanol–water partition coefficient (Wildman–Crippen LogP) is 0.658. The van der Waals surface area contributed by atoms with E-state index in [4.69, 9.17) is 17.3 Å². The van der Waals surface area contributed by atoms with Crippen LogP contribution in [0.15, 0.2) is 23.4 Å². The van der Waals surface area contributed by atoms with E-state index in [0.29, 0.717) is 5.82 Å². The molecule has 0 aliphatic carbocycles. The van der Waals surface area contributed by atoms with Crippen LogP contribution < -0.4 is 10.5 Å². The summed E-state index contributed by atoms with van der Waals surface area (Å²) in [5, 5.41) is 5.81. The van der Waals surface area contributed by atoms with Gasteiger partial charge in [0, 0.05) is 0 Å². The van der Waals surface area contributed by atoms with Crippen molar-refractivity contribution in [2.24, 2.45) is 0 Å². The smallest absolute Gasteiger partial charge is 0.242 e. The van der Waals surface area contributed by atoms with Crippen LogP contribution in [-0.2, 0) is 16.6 Å². The molecule has 0 unspecified atom stereocenters. The zero-order valence-corrected chi connectivity index (χ0v) is 11.0. The molecule has 0 fully saturated rings. The molecule has 0 saturated carbocycles. The summed E-state index contributed by atoms with van der Waals surface area (Å²) < 4.78 is 39.3. The number of sulfonamides is 1. The maximum atomic E-state index is 13.1. The van der Waals surface area contributed by atoms with Gasteiger partial charge in [0.1, 0.15) is 22.9 Å². The molecule has 0 amide bonds. The minimum absolute atomic E-state index is 0.101. The molecule has 1 aromatic heterocycles. The Morgan fingerprint density at radius 3 is 2.84 bits per heavy atom. The average Bonchev–Trinajstić information content (AvgIpc) is 2.84. The zero-order valence-electron chi connectivity index (χ0n) is 9.39. The molecule has 0 aliphatic heterocycles. The Balaban J connectivity index is 2.27. The van der Waals surface area contributed by atoms with E-state index < -0.39 is 15.8 Å². The maximum absolute atomic E-state index is 13.1. The Bertz CT molecular complexity index is 689. The first-order chi connectivity index (χ1) is 8.90. The molecule has 0 spiro atoms. The van der Waals surface area contributed by atoms with Crippen LogP contribution in [0.25, 0.3) is 0 Å². The van der Waals surface area contributed by atoms with E-state index in [-0.39, 0.29) is 22.2 Å². The predicted molar refractivity (Wildman–Crippen MR) is 66.2 cm³/mol. The minimum atomic E-state index is -3.92. The first kappa shape index (κ1) is 13.7. The molecule has 0 atom stereocenters. The van der Waals surface area contributed by atoms with Gasteiger partial charge < -0.3 is 5.73 Å². The zero-order chi connectivity index (χ0) is 14.0. The molecule has 0 saturated heterocycles. The molecule has 7 nitrogen and oxygen atoms in total. The van der Waals surface area contributed by atoms with Crippen molar-refractivity contribution in [3.05, 3.63) is 35.1 Å². The number of aromatic nitrogens is 3. The van der Waals surface area contributed by atoms with Crippen molar-refractivity contribution < 1.29 is 12.8 Å². The van der Waals surface area contributed by atoms with Crippen molar-refractivity contribution in [3.63, 3.8) is 0 Å². The molecule has 10 heteroatoms. The number of hydrogen-bond donors (Lipinski definition) is 3. The van der Waals surface area contributed by atoms with Crippen LogP contribution in [0, 0.1) is 5.82 Å². The number of nitrogens with zero attached hydrogens (tertiary/aromatic N) is 2. The highest BCUT2D eigenvalue weighted by molar-refractivity contribution is 7.89. The normalized spacial score (nSPS) is 11.7. The highest BCUT2D eigenvalue weighted by Crippen LogP contribution is 2.26. The van der Waals surface area contributed by atoms with Crippen molar-refractivity contribution >= 4 is 27.3 Å². The largest absolute Gasteiger partial charge is 0.396 e. The second kappa shape index (κ2) is 5.11. The van der Waals surface area contributed by atoms with Gasteiger partial charge in [0.05, 0.1) is 17.3 Å². The second-order valence-corrected chi connectivity index (χ2v) is 5.70. The van der Waals surface area contributed by atoms with E-state index in [2.05, 4.69) is 19.9 Å². The van der Waals surface area contributed by atoms with Gasteiger partial charge in [0.2, 0.25) is 10.0 Å². The highest BCUT2D eigenvalue weighted by atomic mass is 35.5. The number of nitrogens with two attached hydrogens (primary N) is 1. The van der Waals surface area contributed by atoms with Gasteiger partial charge >= 0.3 is 0 Å². The Kier molecular flexibility index (Phi) is 3.69. The van der Waals surface area contributed by atoms with Crippen LogP contribution in [0.3, 0.4) is 0 Å². The fourth-order valence-electron chi connectivity index (χ4n) is 1.31. The number of anilines is 1. The number of aromatic amines is 1. The van der Waals surface area contributed by atoms with Gasteiger partial charge in [-0.15, -0.1) is 0 Å². The van der Waals surface area contributed by atoms with E-state index in [1.54, 1.807) is 0 Å². The number of nitrogen functional groups attached to an aromatic ring is 1. The Morgan fingerprint density at radius 2 is 2.21 bits per heavy atom. The van der Waals surface area contributed by atoms with E-state index in [0.717, 1.165) is 12.1 Å². The van der Waals surface area contributed by atoms with Gasteiger partial charge in [-0.25, -0.2) is 22.5 Å². The molecule has 0 aliphatic rings. The number of benzene rings is 1. The van der Waals surface area contributed by atoms with E-state index in [1.807, 2.05) is 0 Å². The highest BCUT2D eigenvalue weighted by Gasteiger charge is 2.20. The van der Waals surface area contributed by atoms with Crippen LogP contribution in [0.4, 0.5) is 10.1 Å². The molecule has 0 bridgehead atoms. The summed E-state index contributed by atoms with van der Waals surface area (Å²) in [5.74, 6) is -0.450. The first-order valence-corrected chi connectivity index (χ1v) is 6.84. The number of nitrogens with one attached hydrogen (secondary N) is 2. The fourth-order valence-corrected chi connectivity index (χ4v) is 2.84. The lowest BCUT2D eigenvalue weighted by atomic mass is 10.3. The molecular weight excluding hydrogens is 297 g/mol. The van der Waals surface area contributed by atoms with Crippen molar-refractivity contribution in [1.82, 2.24) is 19.9 Å². The van der Waals surface area contributed by atoms with Crippen LogP contribution in [0.2, 0.25) is 5.02 Å². The second-order valence-electron chi connectivity index (χ2n) is 3.56. The van der Waals surface area contributed by atoms with Gasteiger partial charge in [0.15, 0.2) is 0 Å². The Hall–Kier alpha value is -1.71. The van der Waals surface area contributed by atoms with Gasteiger partial charge in [-0.2, -0.15) is 5.10 Å². The van der Waals surface area contributed by atoms with E-state index in [9.17, 15) is 12.8 Å². The number of rotatable bonds is 4. The third-order valence-corrected chi connectivity index (χ3v) is 4.10. The summed E-state index contributed by atoms with van der Waals surface area (Å²) in [7, 11) is -3.92. The van der Waals surface area contributed by atoms with Crippen LogP contribution in [0.5, 0.6) is 0 Å². The lowest BCUT2D eigenvalue weighted by Crippen LogP contribution is -2.24. The summed E-state index contributed by atoms with van der Waals surface area (Å²) in [6, 6.07) is 1.81. The third-order valence-electron chi connectivity index (χ3n) is 2.24. The third kappa shape index (κ3) is 3.00. The van der Waals surface area contributed by atoms with Gasteiger partial charge in [-0.1, -0.05) is 11.6 Å². The minimum Gasteiger partial charge on any atom is -0.396 e. The van der Waals surface area contributed by atoms with Crippen LogP contribution in [-0.4, -0.2) is 23.6 Å². The summed E-state index contributed by atoms with van der Waals surface area (Å²) in [5.41, 5.74) is 5.02.